The van der Waals surface area contributed by atoms with Gasteiger partial charge in [0.15, 0.2) is 0 Å². The maximum Gasteiger partial charge on any atom is 0.111 e. The van der Waals surface area contributed by atoms with E-state index in [1.54, 1.807) is 7.11 Å². The van der Waals surface area contributed by atoms with Gasteiger partial charge in [-0.05, 0) is 47.5 Å². The van der Waals surface area contributed by atoms with Gasteiger partial charge in [-0.1, -0.05) is 63.3 Å². The van der Waals surface area contributed by atoms with Crippen LogP contribution in [0.25, 0.3) is 5.57 Å². The molecule has 1 heteroatoms. The topological polar surface area (TPSA) is 9.23 Å². The molecule has 2 rings (SSSR count). The van der Waals surface area contributed by atoms with E-state index in [9.17, 15) is 0 Å². The van der Waals surface area contributed by atoms with E-state index in [1.165, 1.54) is 31.2 Å². The van der Waals surface area contributed by atoms with Crippen molar-refractivity contribution in [1.82, 2.24) is 0 Å². The third-order valence-electron chi connectivity index (χ3n) is 4.50. The summed E-state index contributed by atoms with van der Waals surface area (Å²) in [7, 11) is 1.62. The van der Waals surface area contributed by atoms with Crippen molar-refractivity contribution in [3.05, 3.63) is 66.5 Å². The molecule has 112 valence electrons. The zero-order chi connectivity index (χ0) is 15.2. The zero-order valence-electron chi connectivity index (χ0n) is 13.3. The number of rotatable bonds is 5. The van der Waals surface area contributed by atoms with Gasteiger partial charge in [0.1, 0.15) is 5.76 Å². The standard InChI is InChI=1S/C20H26O/c1-15-5-9-19(10-6-15)20-13-11-18(12-14-20)16(2)7-8-17(3)21-4/h7-8,11-15,19H,2-3,5-6,9-10H2,1,4H3/b8-7-. The number of ether oxygens (including phenoxy) is 1. The molecule has 0 bridgehead atoms. The van der Waals surface area contributed by atoms with Crippen molar-refractivity contribution in [2.45, 2.75) is 38.5 Å². The van der Waals surface area contributed by atoms with Gasteiger partial charge in [-0.15, -0.1) is 0 Å². The van der Waals surface area contributed by atoms with Crippen LogP contribution in [0, 0.1) is 5.92 Å². The maximum atomic E-state index is 5.02. The first kappa shape index (κ1) is 15.6. The van der Waals surface area contributed by atoms with Gasteiger partial charge in [0.2, 0.25) is 0 Å². The van der Waals surface area contributed by atoms with Crippen LogP contribution in [-0.2, 0) is 4.74 Å². The quantitative estimate of drug-likeness (QED) is 0.496. The third-order valence-corrected chi connectivity index (χ3v) is 4.50. The summed E-state index contributed by atoms with van der Waals surface area (Å²) in [6.07, 6.45) is 9.17. The number of allylic oxidation sites excluding steroid dienone is 3. The monoisotopic (exact) mass is 282 g/mol. The summed E-state index contributed by atoms with van der Waals surface area (Å²) in [6.45, 7) is 10.2. The highest BCUT2D eigenvalue weighted by atomic mass is 16.5. The van der Waals surface area contributed by atoms with E-state index in [-0.39, 0.29) is 0 Å². The molecular formula is C20H26O. The second kappa shape index (κ2) is 7.31. The molecule has 1 nitrogen and oxygen atoms in total. The summed E-state index contributed by atoms with van der Waals surface area (Å²) in [6, 6.07) is 8.88. The van der Waals surface area contributed by atoms with Gasteiger partial charge < -0.3 is 4.74 Å². The molecule has 1 aromatic rings. The Hall–Kier alpha value is -1.76. The molecule has 1 aliphatic rings. The molecule has 0 spiro atoms. The predicted molar refractivity (Wildman–Crippen MR) is 91.1 cm³/mol. The van der Waals surface area contributed by atoms with E-state index in [0.717, 1.165) is 23.0 Å². The van der Waals surface area contributed by atoms with Gasteiger partial charge in [-0.2, -0.15) is 0 Å². The summed E-state index contributed by atoms with van der Waals surface area (Å²) in [5.41, 5.74) is 3.61. The van der Waals surface area contributed by atoms with E-state index in [0.29, 0.717) is 5.76 Å². The average Bonchev–Trinajstić information content (AvgIpc) is 2.53. The van der Waals surface area contributed by atoms with Crippen LogP contribution in [0.15, 0.2) is 55.3 Å². The molecule has 0 atom stereocenters. The fourth-order valence-electron chi connectivity index (χ4n) is 2.92. The SMILES string of the molecule is C=C(/C=C\C(=C)c1ccc(C2CCC(C)CC2)cc1)OC. The molecule has 1 fully saturated rings. The minimum Gasteiger partial charge on any atom is -0.497 e. The molecule has 0 unspecified atom stereocenters. The maximum absolute atomic E-state index is 5.02. The highest BCUT2D eigenvalue weighted by molar-refractivity contribution is 5.72. The van der Waals surface area contributed by atoms with E-state index in [1.807, 2.05) is 12.2 Å². The Morgan fingerprint density at radius 2 is 1.67 bits per heavy atom. The Bertz CT molecular complexity index is 513. The fourth-order valence-corrected chi connectivity index (χ4v) is 2.92. The number of methoxy groups -OCH3 is 1. The summed E-state index contributed by atoms with van der Waals surface area (Å²) in [5.74, 6) is 2.29. The first-order valence-electron chi connectivity index (χ1n) is 7.80. The lowest BCUT2D eigenvalue weighted by Gasteiger charge is -2.26. The lowest BCUT2D eigenvalue weighted by molar-refractivity contribution is 0.309. The van der Waals surface area contributed by atoms with Crippen molar-refractivity contribution in [1.29, 1.82) is 0 Å². The molecule has 0 amide bonds. The molecule has 0 saturated heterocycles. The number of hydrogen-bond acceptors (Lipinski definition) is 1. The Morgan fingerprint density at radius 1 is 1.05 bits per heavy atom. The van der Waals surface area contributed by atoms with Gasteiger partial charge >= 0.3 is 0 Å². The van der Waals surface area contributed by atoms with E-state index in [2.05, 4.69) is 44.3 Å². The molecule has 0 aliphatic heterocycles. The smallest absolute Gasteiger partial charge is 0.111 e. The second-order valence-electron chi connectivity index (χ2n) is 6.11. The zero-order valence-corrected chi connectivity index (χ0v) is 13.3. The molecule has 1 aliphatic carbocycles. The molecule has 1 aromatic carbocycles. The fraction of sp³-hybridized carbons (Fsp3) is 0.400. The van der Waals surface area contributed by atoms with E-state index in [4.69, 9.17) is 4.74 Å². The van der Waals surface area contributed by atoms with Crippen molar-refractivity contribution in [2.24, 2.45) is 5.92 Å². The summed E-state index contributed by atoms with van der Waals surface area (Å²) >= 11 is 0. The average molecular weight is 282 g/mol. The summed E-state index contributed by atoms with van der Waals surface area (Å²) < 4.78 is 5.02. The van der Waals surface area contributed by atoms with Gasteiger partial charge in [0.05, 0.1) is 7.11 Å². The molecule has 1 saturated carbocycles. The van der Waals surface area contributed by atoms with Crippen LogP contribution >= 0.6 is 0 Å². The summed E-state index contributed by atoms with van der Waals surface area (Å²) in [4.78, 5) is 0. The third kappa shape index (κ3) is 4.35. The van der Waals surface area contributed by atoms with Crippen LogP contribution in [-0.4, -0.2) is 7.11 Å². The van der Waals surface area contributed by atoms with Crippen LogP contribution in [0.3, 0.4) is 0 Å². The normalized spacial score (nSPS) is 22.2. The van der Waals surface area contributed by atoms with Crippen LogP contribution < -0.4 is 0 Å². The largest absolute Gasteiger partial charge is 0.497 e. The second-order valence-corrected chi connectivity index (χ2v) is 6.11. The van der Waals surface area contributed by atoms with Crippen LogP contribution in [0.4, 0.5) is 0 Å². The Labute approximate surface area is 129 Å². The molecular weight excluding hydrogens is 256 g/mol. The highest BCUT2D eigenvalue weighted by Gasteiger charge is 2.19. The lowest BCUT2D eigenvalue weighted by Crippen LogP contribution is -2.10. The molecule has 0 aromatic heterocycles. The van der Waals surface area contributed by atoms with E-state index < -0.39 is 0 Å². The van der Waals surface area contributed by atoms with Gasteiger partial charge in [0, 0.05) is 0 Å². The summed E-state index contributed by atoms with van der Waals surface area (Å²) in [5, 5.41) is 0. The van der Waals surface area contributed by atoms with Crippen LogP contribution in [0.5, 0.6) is 0 Å². The van der Waals surface area contributed by atoms with Crippen molar-refractivity contribution >= 4 is 5.57 Å². The van der Waals surface area contributed by atoms with E-state index >= 15 is 0 Å². The molecule has 0 N–H and O–H groups in total. The first-order chi connectivity index (χ1) is 10.1. The number of benzene rings is 1. The van der Waals surface area contributed by atoms with Gasteiger partial charge in [-0.3, -0.25) is 0 Å². The number of hydrogen-bond donors (Lipinski definition) is 0. The van der Waals surface area contributed by atoms with Crippen molar-refractivity contribution < 1.29 is 4.74 Å². The molecule has 21 heavy (non-hydrogen) atoms. The minimum atomic E-state index is 0.643. The lowest BCUT2D eigenvalue weighted by atomic mass is 9.79. The van der Waals surface area contributed by atoms with Crippen molar-refractivity contribution in [3.63, 3.8) is 0 Å². The first-order valence-corrected chi connectivity index (χ1v) is 7.80. The van der Waals surface area contributed by atoms with Gasteiger partial charge in [0.25, 0.3) is 0 Å². The Kier molecular flexibility index (Phi) is 5.44. The predicted octanol–water partition coefficient (Wildman–Crippen LogP) is 5.71. The Balaban J connectivity index is 2.00. The highest BCUT2D eigenvalue weighted by Crippen LogP contribution is 2.35. The molecule has 0 radical (unpaired) electrons. The minimum absolute atomic E-state index is 0.643. The van der Waals surface area contributed by atoms with Crippen LogP contribution in [0.2, 0.25) is 0 Å². The van der Waals surface area contributed by atoms with Crippen molar-refractivity contribution in [2.75, 3.05) is 7.11 Å². The molecule has 0 heterocycles. The van der Waals surface area contributed by atoms with Gasteiger partial charge in [-0.25, -0.2) is 0 Å². The van der Waals surface area contributed by atoms with Crippen LogP contribution in [0.1, 0.15) is 49.7 Å². The van der Waals surface area contributed by atoms with Crippen molar-refractivity contribution in [3.8, 4) is 0 Å². The Morgan fingerprint density at radius 3 is 2.24 bits per heavy atom.